The van der Waals surface area contributed by atoms with Crippen molar-refractivity contribution < 1.29 is 9.53 Å². The average Bonchev–Trinajstić information content (AvgIpc) is 3.16. The zero-order valence-corrected chi connectivity index (χ0v) is 14.3. The van der Waals surface area contributed by atoms with Crippen molar-refractivity contribution in [3.63, 3.8) is 0 Å². The number of aryl methyl sites for hydroxylation is 1. The van der Waals surface area contributed by atoms with Gasteiger partial charge in [-0.1, -0.05) is 0 Å². The molecule has 0 saturated carbocycles. The van der Waals surface area contributed by atoms with Crippen molar-refractivity contribution in [2.24, 2.45) is 0 Å². The quantitative estimate of drug-likeness (QED) is 0.859. The summed E-state index contributed by atoms with van der Waals surface area (Å²) < 4.78 is 5.92. The predicted octanol–water partition coefficient (Wildman–Crippen LogP) is 2.21. The first kappa shape index (κ1) is 15.7. The molecule has 1 aliphatic rings. The molecule has 0 spiro atoms. The van der Waals surface area contributed by atoms with E-state index in [9.17, 15) is 4.79 Å². The van der Waals surface area contributed by atoms with E-state index in [1.54, 1.807) is 0 Å². The Hall–Kier alpha value is -2.15. The Kier molecular flexibility index (Phi) is 4.47. The van der Waals surface area contributed by atoms with Crippen molar-refractivity contribution in [3.05, 3.63) is 34.3 Å². The molecule has 0 aliphatic carbocycles. The van der Waals surface area contributed by atoms with E-state index in [1.807, 2.05) is 49.0 Å². The van der Waals surface area contributed by atoms with Crippen LogP contribution in [0, 0.1) is 6.92 Å². The standard InChI is InChI=1S/C16H20N4O2S/c1-11-4-5-13(23-11)16(21)20-7-6-12(9-20)22-15-8-14(19(2)3)17-10-18-15/h4-5,8,10,12H,6-7,9H2,1-3H3. The smallest absolute Gasteiger partial charge is 0.264 e. The van der Waals surface area contributed by atoms with Crippen LogP contribution in [0.5, 0.6) is 5.88 Å². The molecular formula is C16H20N4O2S. The molecule has 122 valence electrons. The number of amides is 1. The van der Waals surface area contributed by atoms with Gasteiger partial charge in [0.15, 0.2) is 0 Å². The summed E-state index contributed by atoms with van der Waals surface area (Å²) in [4.78, 5) is 26.5. The van der Waals surface area contributed by atoms with Crippen LogP contribution in [0.3, 0.4) is 0 Å². The number of hydrogen-bond acceptors (Lipinski definition) is 6. The number of ether oxygens (including phenoxy) is 1. The molecular weight excluding hydrogens is 312 g/mol. The number of carbonyl (C=O) groups is 1. The largest absolute Gasteiger partial charge is 0.472 e. The minimum absolute atomic E-state index is 0.0232. The van der Waals surface area contributed by atoms with Gasteiger partial charge >= 0.3 is 0 Å². The van der Waals surface area contributed by atoms with Gasteiger partial charge < -0.3 is 14.5 Å². The van der Waals surface area contributed by atoms with E-state index < -0.39 is 0 Å². The second-order valence-corrected chi connectivity index (χ2v) is 7.09. The second kappa shape index (κ2) is 6.54. The molecule has 1 saturated heterocycles. The molecule has 2 aromatic heterocycles. The molecule has 6 nitrogen and oxygen atoms in total. The molecule has 1 unspecified atom stereocenters. The highest BCUT2D eigenvalue weighted by molar-refractivity contribution is 7.13. The number of carbonyl (C=O) groups excluding carboxylic acids is 1. The maximum Gasteiger partial charge on any atom is 0.264 e. The summed E-state index contributed by atoms with van der Waals surface area (Å²) in [5.41, 5.74) is 0. The fourth-order valence-corrected chi connectivity index (χ4v) is 3.36. The van der Waals surface area contributed by atoms with Crippen molar-refractivity contribution in [1.82, 2.24) is 14.9 Å². The summed E-state index contributed by atoms with van der Waals surface area (Å²) >= 11 is 1.53. The van der Waals surface area contributed by atoms with Gasteiger partial charge in [-0.15, -0.1) is 11.3 Å². The molecule has 1 atom stereocenters. The van der Waals surface area contributed by atoms with Gasteiger partial charge in [0.25, 0.3) is 5.91 Å². The highest BCUT2D eigenvalue weighted by atomic mass is 32.1. The lowest BCUT2D eigenvalue weighted by molar-refractivity contribution is 0.0776. The summed E-state index contributed by atoms with van der Waals surface area (Å²) in [5, 5.41) is 0. The molecule has 7 heteroatoms. The average molecular weight is 332 g/mol. The van der Waals surface area contributed by atoms with Crippen molar-refractivity contribution >= 4 is 23.1 Å². The van der Waals surface area contributed by atoms with Crippen molar-refractivity contribution in [3.8, 4) is 5.88 Å². The van der Waals surface area contributed by atoms with Crippen molar-refractivity contribution in [1.29, 1.82) is 0 Å². The topological polar surface area (TPSA) is 58.6 Å². The summed E-state index contributed by atoms with van der Waals surface area (Å²) in [7, 11) is 3.84. The maximum absolute atomic E-state index is 12.5. The highest BCUT2D eigenvalue weighted by Gasteiger charge is 2.29. The Labute approximate surface area is 139 Å². The molecule has 0 N–H and O–H groups in total. The fraction of sp³-hybridized carbons (Fsp3) is 0.438. The van der Waals surface area contributed by atoms with Crippen LogP contribution in [0.2, 0.25) is 0 Å². The lowest BCUT2D eigenvalue weighted by atomic mass is 10.3. The third-order valence-corrected chi connectivity index (χ3v) is 4.75. The monoisotopic (exact) mass is 332 g/mol. The molecule has 0 radical (unpaired) electrons. The lowest BCUT2D eigenvalue weighted by Crippen LogP contribution is -2.30. The van der Waals surface area contributed by atoms with Crippen LogP contribution in [0.15, 0.2) is 24.5 Å². The first-order valence-corrected chi connectivity index (χ1v) is 8.36. The molecule has 3 rings (SSSR count). The van der Waals surface area contributed by atoms with Crippen LogP contribution >= 0.6 is 11.3 Å². The molecule has 0 bridgehead atoms. The molecule has 2 aromatic rings. The first-order chi connectivity index (χ1) is 11.0. The third-order valence-electron chi connectivity index (χ3n) is 3.76. The Morgan fingerprint density at radius 2 is 2.22 bits per heavy atom. The zero-order chi connectivity index (χ0) is 16.4. The Morgan fingerprint density at radius 1 is 1.39 bits per heavy atom. The number of rotatable bonds is 4. The van der Waals surface area contributed by atoms with Gasteiger partial charge in [0, 0.05) is 38.0 Å². The van der Waals surface area contributed by atoms with Gasteiger partial charge in [0.1, 0.15) is 18.2 Å². The Bertz CT molecular complexity index is 701. The van der Waals surface area contributed by atoms with E-state index in [0.29, 0.717) is 19.0 Å². The fourth-order valence-electron chi connectivity index (χ4n) is 2.52. The second-order valence-electron chi connectivity index (χ2n) is 5.80. The number of aromatic nitrogens is 2. The van der Waals surface area contributed by atoms with Gasteiger partial charge in [-0.25, -0.2) is 9.97 Å². The van der Waals surface area contributed by atoms with Crippen LogP contribution in [-0.2, 0) is 0 Å². The number of nitrogens with zero attached hydrogens (tertiary/aromatic N) is 4. The van der Waals surface area contributed by atoms with Gasteiger partial charge in [0.2, 0.25) is 5.88 Å². The molecule has 3 heterocycles. The minimum Gasteiger partial charge on any atom is -0.472 e. The third kappa shape index (κ3) is 3.61. The predicted molar refractivity (Wildman–Crippen MR) is 90.4 cm³/mol. The van der Waals surface area contributed by atoms with Gasteiger partial charge in [-0.2, -0.15) is 0 Å². The first-order valence-electron chi connectivity index (χ1n) is 7.54. The summed E-state index contributed by atoms with van der Waals surface area (Å²) in [5.74, 6) is 1.44. The van der Waals surface area contributed by atoms with E-state index >= 15 is 0 Å². The maximum atomic E-state index is 12.5. The van der Waals surface area contributed by atoms with Gasteiger partial charge in [0.05, 0.1) is 11.4 Å². The molecule has 1 aliphatic heterocycles. The van der Waals surface area contributed by atoms with E-state index in [0.717, 1.165) is 22.0 Å². The van der Waals surface area contributed by atoms with Crippen LogP contribution in [0.4, 0.5) is 5.82 Å². The minimum atomic E-state index is -0.0232. The molecule has 1 fully saturated rings. The zero-order valence-electron chi connectivity index (χ0n) is 13.5. The van der Waals surface area contributed by atoms with Crippen LogP contribution in [-0.4, -0.2) is 54.1 Å². The number of hydrogen-bond donors (Lipinski definition) is 0. The van der Waals surface area contributed by atoms with E-state index in [2.05, 4.69) is 9.97 Å². The van der Waals surface area contributed by atoms with E-state index in [4.69, 9.17) is 4.74 Å². The van der Waals surface area contributed by atoms with Gasteiger partial charge in [-0.3, -0.25) is 4.79 Å². The molecule has 23 heavy (non-hydrogen) atoms. The van der Waals surface area contributed by atoms with Crippen LogP contribution in [0.25, 0.3) is 0 Å². The van der Waals surface area contributed by atoms with Crippen LogP contribution in [0.1, 0.15) is 21.0 Å². The SMILES string of the molecule is Cc1ccc(C(=O)N2CCC(Oc3cc(N(C)C)ncn3)C2)s1. The van der Waals surface area contributed by atoms with Gasteiger partial charge in [-0.05, 0) is 19.1 Å². The van der Waals surface area contributed by atoms with Crippen LogP contribution < -0.4 is 9.64 Å². The number of likely N-dealkylation sites (tertiary alicyclic amines) is 1. The number of thiophene rings is 1. The normalized spacial score (nSPS) is 17.3. The van der Waals surface area contributed by atoms with Crippen molar-refractivity contribution in [2.75, 3.05) is 32.1 Å². The summed E-state index contributed by atoms with van der Waals surface area (Å²) in [6.07, 6.45) is 2.29. The number of anilines is 1. The summed E-state index contributed by atoms with van der Waals surface area (Å²) in [6, 6.07) is 5.68. The van der Waals surface area contributed by atoms with E-state index in [1.165, 1.54) is 17.7 Å². The lowest BCUT2D eigenvalue weighted by Gasteiger charge is -2.17. The highest BCUT2D eigenvalue weighted by Crippen LogP contribution is 2.23. The Balaban J connectivity index is 1.62. The Morgan fingerprint density at radius 3 is 2.91 bits per heavy atom. The van der Waals surface area contributed by atoms with Crippen molar-refractivity contribution in [2.45, 2.75) is 19.4 Å². The summed E-state index contributed by atoms with van der Waals surface area (Å²) in [6.45, 7) is 3.32. The van der Waals surface area contributed by atoms with E-state index in [-0.39, 0.29) is 12.0 Å². The molecule has 1 amide bonds. The molecule has 0 aromatic carbocycles.